The highest BCUT2D eigenvalue weighted by Crippen LogP contribution is 2.63. The lowest BCUT2D eigenvalue weighted by molar-refractivity contribution is -0.189. The third kappa shape index (κ3) is 6.93. The summed E-state index contributed by atoms with van der Waals surface area (Å²) in [6.45, 7) is 18.1. The largest absolute Gasteiger partial charge is 0.459 e. The van der Waals surface area contributed by atoms with Gasteiger partial charge in [0, 0.05) is 18.3 Å². The van der Waals surface area contributed by atoms with Crippen molar-refractivity contribution in [3.63, 3.8) is 0 Å². The lowest BCUT2D eigenvalue weighted by Gasteiger charge is -2.58. The summed E-state index contributed by atoms with van der Waals surface area (Å²) in [5.41, 5.74) is 8.34. The molecule has 1 N–H and O–H groups in total. The van der Waals surface area contributed by atoms with Crippen LogP contribution in [-0.4, -0.2) is 34.4 Å². The molecule has 0 bridgehead atoms. The van der Waals surface area contributed by atoms with Gasteiger partial charge >= 0.3 is 11.9 Å². The Labute approximate surface area is 297 Å². The molecule has 6 aliphatic carbocycles. The summed E-state index contributed by atoms with van der Waals surface area (Å²) >= 11 is 0. The molecule has 0 spiro atoms. The summed E-state index contributed by atoms with van der Waals surface area (Å²) in [4.78, 5) is 26.7. The van der Waals surface area contributed by atoms with Gasteiger partial charge in [-0.05, 0) is 172 Å². The molecule has 6 aliphatic rings. The maximum atomic E-state index is 13.4. The average molecular weight is 675 g/mol. The third-order valence-corrected chi connectivity index (χ3v) is 15.0. The maximum Gasteiger partial charge on any atom is 0.308 e. The number of allylic oxidation sites excluding steroid dienone is 8. The first kappa shape index (κ1) is 36.6. The van der Waals surface area contributed by atoms with Crippen molar-refractivity contribution in [2.45, 2.75) is 182 Å². The number of aliphatic hydroxyl groups excluding tert-OH is 1. The van der Waals surface area contributed by atoms with E-state index in [1.54, 1.807) is 11.1 Å². The lowest BCUT2D eigenvalue weighted by atomic mass is 9.48. The Hall–Kier alpha value is -2.14. The van der Waals surface area contributed by atoms with E-state index in [0.717, 1.165) is 64.2 Å². The molecule has 0 aromatic carbocycles. The fourth-order valence-corrected chi connectivity index (χ4v) is 12.4. The summed E-state index contributed by atoms with van der Waals surface area (Å²) in [7, 11) is 0. The zero-order valence-corrected chi connectivity index (χ0v) is 32.1. The molecule has 4 fully saturated rings. The molecule has 4 saturated carbocycles. The molecule has 0 heterocycles. The molecule has 9 atom stereocenters. The second kappa shape index (κ2) is 13.8. The Morgan fingerprint density at radius 2 is 1.14 bits per heavy atom. The molecule has 0 aromatic heterocycles. The Balaban J connectivity index is 1.03. The number of hydrogen-bond acceptors (Lipinski definition) is 5. The first-order valence-electron chi connectivity index (χ1n) is 19.9. The molecule has 6 rings (SSSR count). The molecule has 9 unspecified atom stereocenters. The zero-order valence-electron chi connectivity index (χ0n) is 32.1. The maximum absolute atomic E-state index is 13.4. The van der Waals surface area contributed by atoms with Crippen LogP contribution in [0.1, 0.15) is 165 Å². The predicted octanol–water partition coefficient (Wildman–Crippen LogP) is 10.7. The van der Waals surface area contributed by atoms with E-state index in [2.05, 4.69) is 67.5 Å². The number of ether oxygens (including phenoxy) is 2. The summed E-state index contributed by atoms with van der Waals surface area (Å²) < 4.78 is 12.7. The van der Waals surface area contributed by atoms with E-state index >= 15 is 0 Å². The summed E-state index contributed by atoms with van der Waals surface area (Å²) in [6.07, 6.45) is 19.5. The van der Waals surface area contributed by atoms with Crippen molar-refractivity contribution in [3.05, 3.63) is 45.6 Å². The van der Waals surface area contributed by atoms with Crippen LogP contribution in [0.4, 0.5) is 0 Å². The van der Waals surface area contributed by atoms with E-state index in [1.165, 1.54) is 48.0 Å². The molecule has 272 valence electrons. The average Bonchev–Trinajstić information content (AvgIpc) is 3.02. The van der Waals surface area contributed by atoms with Crippen molar-refractivity contribution in [3.8, 4) is 0 Å². The van der Waals surface area contributed by atoms with E-state index in [1.807, 2.05) is 0 Å². The number of esters is 2. The monoisotopic (exact) mass is 674 g/mol. The Bertz CT molecular complexity index is 1440. The lowest BCUT2D eigenvalue weighted by Crippen LogP contribution is -2.56. The smallest absolute Gasteiger partial charge is 0.308 e. The standard InChI is InChI=1S/C44H66O5/c1-28(2)30-11-16-35-32(25-30)13-18-37-41(35,5)21-9-23-43(37,7)48-39(46)20-15-34(45)27-40(47)49-44(8)24-10-22-42(6)36-17-12-31(29(3)4)26-33(36)14-19-38(42)44/h25-26,34-38,45H,9-24,27H2,1-8H3. The first-order valence-corrected chi connectivity index (χ1v) is 19.9. The van der Waals surface area contributed by atoms with Crippen molar-refractivity contribution in [1.82, 2.24) is 0 Å². The zero-order chi connectivity index (χ0) is 35.4. The molecule has 0 aliphatic heterocycles. The van der Waals surface area contributed by atoms with Gasteiger partial charge < -0.3 is 14.6 Å². The number of carbonyl (C=O) groups excluding carboxylic acids is 2. The fourth-order valence-electron chi connectivity index (χ4n) is 12.4. The Morgan fingerprint density at radius 3 is 1.59 bits per heavy atom. The van der Waals surface area contributed by atoms with Gasteiger partial charge in [0.15, 0.2) is 0 Å². The third-order valence-electron chi connectivity index (χ3n) is 15.0. The number of rotatable bonds is 7. The van der Waals surface area contributed by atoms with Crippen LogP contribution in [0.3, 0.4) is 0 Å². The highest BCUT2D eigenvalue weighted by molar-refractivity contribution is 5.72. The van der Waals surface area contributed by atoms with Gasteiger partial charge in [0.1, 0.15) is 11.2 Å². The SMILES string of the molecule is CC(C)=C1C=C2CCC3C(C)(OC(=O)CCC(O)CC(=O)OC4(C)CCCC5(C)C6CCC(=C(C)C)C=C6CCC45)CCCC3(C)C2CC1. The van der Waals surface area contributed by atoms with E-state index in [-0.39, 0.29) is 42.0 Å². The van der Waals surface area contributed by atoms with Crippen LogP contribution >= 0.6 is 0 Å². The molecule has 0 aromatic rings. The highest BCUT2D eigenvalue weighted by atomic mass is 16.6. The normalized spacial score (nSPS) is 39.2. The highest BCUT2D eigenvalue weighted by Gasteiger charge is 2.58. The quantitative estimate of drug-likeness (QED) is 0.272. The van der Waals surface area contributed by atoms with E-state index in [9.17, 15) is 14.7 Å². The molecule has 0 radical (unpaired) electrons. The van der Waals surface area contributed by atoms with Gasteiger partial charge in [0.25, 0.3) is 0 Å². The number of hydrogen-bond donors (Lipinski definition) is 1. The van der Waals surface area contributed by atoms with Crippen LogP contribution in [0.25, 0.3) is 0 Å². The summed E-state index contributed by atoms with van der Waals surface area (Å²) in [6, 6.07) is 0. The minimum absolute atomic E-state index is 0.0761. The minimum atomic E-state index is -0.918. The molecule has 49 heavy (non-hydrogen) atoms. The van der Waals surface area contributed by atoms with Crippen LogP contribution in [-0.2, 0) is 19.1 Å². The summed E-state index contributed by atoms with van der Waals surface area (Å²) in [5, 5.41) is 10.9. The van der Waals surface area contributed by atoms with Crippen molar-refractivity contribution in [1.29, 1.82) is 0 Å². The molecule has 5 nitrogen and oxygen atoms in total. The number of carbonyl (C=O) groups is 2. The van der Waals surface area contributed by atoms with Crippen LogP contribution in [0.5, 0.6) is 0 Å². The number of aliphatic hydroxyl groups is 1. The van der Waals surface area contributed by atoms with Crippen LogP contribution in [0.15, 0.2) is 45.6 Å². The van der Waals surface area contributed by atoms with E-state index in [0.29, 0.717) is 23.7 Å². The molecule has 0 amide bonds. The van der Waals surface area contributed by atoms with Crippen molar-refractivity contribution in [2.75, 3.05) is 0 Å². The van der Waals surface area contributed by atoms with E-state index < -0.39 is 17.3 Å². The first-order chi connectivity index (χ1) is 23.1. The number of fused-ring (bicyclic) bond motifs is 6. The topological polar surface area (TPSA) is 72.8 Å². The van der Waals surface area contributed by atoms with Crippen LogP contribution in [0.2, 0.25) is 0 Å². The van der Waals surface area contributed by atoms with Gasteiger partial charge in [-0.3, -0.25) is 9.59 Å². The molecular formula is C44H66O5. The van der Waals surface area contributed by atoms with Gasteiger partial charge in [0.2, 0.25) is 0 Å². The molecular weight excluding hydrogens is 608 g/mol. The van der Waals surface area contributed by atoms with Crippen molar-refractivity contribution < 1.29 is 24.2 Å². The second-order valence-electron chi connectivity index (χ2n) is 18.5. The summed E-state index contributed by atoms with van der Waals surface area (Å²) in [5.74, 6) is 1.18. The Kier molecular flexibility index (Phi) is 10.3. The van der Waals surface area contributed by atoms with Crippen LogP contribution < -0.4 is 0 Å². The van der Waals surface area contributed by atoms with Crippen molar-refractivity contribution in [2.24, 2.45) is 34.5 Å². The molecule has 5 heteroatoms. The fraction of sp³-hybridized carbons (Fsp3) is 0.773. The van der Waals surface area contributed by atoms with E-state index in [4.69, 9.17) is 9.47 Å². The van der Waals surface area contributed by atoms with Gasteiger partial charge in [-0.15, -0.1) is 0 Å². The molecule has 0 saturated heterocycles. The second-order valence-corrected chi connectivity index (χ2v) is 18.5. The Morgan fingerprint density at radius 1 is 0.694 bits per heavy atom. The van der Waals surface area contributed by atoms with Gasteiger partial charge in [0.05, 0.1) is 12.5 Å². The predicted molar refractivity (Wildman–Crippen MR) is 197 cm³/mol. The minimum Gasteiger partial charge on any atom is -0.459 e. The van der Waals surface area contributed by atoms with Gasteiger partial charge in [-0.1, -0.05) is 48.3 Å². The van der Waals surface area contributed by atoms with Gasteiger partial charge in [-0.2, -0.15) is 0 Å². The van der Waals surface area contributed by atoms with Gasteiger partial charge in [-0.25, -0.2) is 0 Å². The van der Waals surface area contributed by atoms with Crippen molar-refractivity contribution >= 4 is 11.9 Å². The van der Waals surface area contributed by atoms with Crippen LogP contribution in [0, 0.1) is 34.5 Å².